The van der Waals surface area contributed by atoms with Gasteiger partial charge >= 0.3 is 0 Å². The van der Waals surface area contributed by atoms with Crippen LogP contribution >= 0.6 is 11.8 Å². The van der Waals surface area contributed by atoms with Gasteiger partial charge in [0.1, 0.15) is 0 Å². The van der Waals surface area contributed by atoms with Crippen LogP contribution in [-0.4, -0.2) is 35.8 Å². The predicted molar refractivity (Wildman–Crippen MR) is 68.5 cm³/mol. The highest BCUT2D eigenvalue weighted by Crippen LogP contribution is 2.29. The summed E-state index contributed by atoms with van der Waals surface area (Å²) >= 11 is 2.00. The minimum Gasteiger partial charge on any atom is -0.396 e. The van der Waals surface area contributed by atoms with E-state index in [9.17, 15) is 0 Å². The fourth-order valence-corrected chi connectivity index (χ4v) is 3.42. The lowest BCUT2D eigenvalue weighted by molar-refractivity contribution is 0.296. The van der Waals surface area contributed by atoms with Crippen LogP contribution in [0.3, 0.4) is 0 Å². The van der Waals surface area contributed by atoms with Crippen LogP contribution < -0.4 is 5.32 Å². The molecule has 0 heterocycles. The van der Waals surface area contributed by atoms with Crippen LogP contribution in [0.15, 0.2) is 0 Å². The Balaban J connectivity index is 2.03. The zero-order valence-electron chi connectivity index (χ0n) is 9.87. The van der Waals surface area contributed by atoms with Gasteiger partial charge < -0.3 is 10.4 Å². The van der Waals surface area contributed by atoms with Crippen molar-refractivity contribution in [3.8, 4) is 0 Å². The highest BCUT2D eigenvalue weighted by molar-refractivity contribution is 7.99. The molecular weight excluding hydrogens is 206 g/mol. The van der Waals surface area contributed by atoms with E-state index in [1.807, 2.05) is 11.8 Å². The lowest BCUT2D eigenvalue weighted by Gasteiger charge is -2.19. The summed E-state index contributed by atoms with van der Waals surface area (Å²) in [5.74, 6) is 3.30. The third-order valence-electron chi connectivity index (χ3n) is 3.21. The molecule has 1 aliphatic rings. The molecule has 0 aliphatic heterocycles. The lowest BCUT2D eigenvalue weighted by Crippen LogP contribution is -2.32. The quantitative estimate of drug-likeness (QED) is 0.629. The van der Waals surface area contributed by atoms with Crippen LogP contribution in [0.4, 0.5) is 0 Å². The molecule has 0 aromatic rings. The molecule has 2 nitrogen and oxygen atoms in total. The van der Waals surface area contributed by atoms with Crippen molar-refractivity contribution in [2.24, 2.45) is 5.92 Å². The number of hydrogen-bond acceptors (Lipinski definition) is 3. The first-order chi connectivity index (χ1) is 7.38. The highest BCUT2D eigenvalue weighted by Gasteiger charge is 2.25. The summed E-state index contributed by atoms with van der Waals surface area (Å²) in [6.45, 7) is 3.65. The Bertz CT molecular complexity index is 155. The summed E-state index contributed by atoms with van der Waals surface area (Å²) < 4.78 is 0. The lowest BCUT2D eigenvalue weighted by atomic mass is 10.0. The fraction of sp³-hybridized carbons (Fsp3) is 1.00. The molecular formula is C12H25NOS. The SMILES string of the molecule is CCNC1CCCC1CCSCCCO. The molecule has 1 fully saturated rings. The molecule has 0 spiro atoms. The second-order valence-corrected chi connectivity index (χ2v) is 5.56. The highest BCUT2D eigenvalue weighted by atomic mass is 32.2. The van der Waals surface area contributed by atoms with Crippen LogP contribution in [0.5, 0.6) is 0 Å². The van der Waals surface area contributed by atoms with Gasteiger partial charge in [0.25, 0.3) is 0 Å². The minimum atomic E-state index is 0.344. The predicted octanol–water partition coefficient (Wildman–Crippen LogP) is 2.27. The Morgan fingerprint density at radius 2 is 2.20 bits per heavy atom. The topological polar surface area (TPSA) is 32.3 Å². The second-order valence-electron chi connectivity index (χ2n) is 4.33. The van der Waals surface area contributed by atoms with Crippen molar-refractivity contribution >= 4 is 11.8 Å². The number of rotatable bonds is 8. The van der Waals surface area contributed by atoms with Crippen LogP contribution in [0.2, 0.25) is 0 Å². The van der Waals surface area contributed by atoms with E-state index >= 15 is 0 Å². The molecule has 1 aliphatic carbocycles. The number of nitrogens with one attached hydrogen (secondary N) is 1. The van der Waals surface area contributed by atoms with E-state index < -0.39 is 0 Å². The summed E-state index contributed by atoms with van der Waals surface area (Å²) in [5, 5.41) is 12.3. The molecule has 0 aromatic heterocycles. The summed E-state index contributed by atoms with van der Waals surface area (Å²) in [4.78, 5) is 0. The first kappa shape index (κ1) is 13.3. The number of aliphatic hydroxyl groups excluding tert-OH is 1. The van der Waals surface area contributed by atoms with Crippen LogP contribution in [0.1, 0.15) is 39.0 Å². The van der Waals surface area contributed by atoms with Gasteiger partial charge in [-0.3, -0.25) is 0 Å². The van der Waals surface area contributed by atoms with Crippen LogP contribution in [0.25, 0.3) is 0 Å². The maximum atomic E-state index is 8.67. The third-order valence-corrected chi connectivity index (χ3v) is 4.31. The van der Waals surface area contributed by atoms with E-state index in [-0.39, 0.29) is 0 Å². The second kappa shape index (κ2) is 8.43. The first-order valence-corrected chi connectivity index (χ1v) is 7.46. The summed E-state index contributed by atoms with van der Waals surface area (Å²) in [7, 11) is 0. The number of aliphatic hydroxyl groups is 1. The van der Waals surface area contributed by atoms with Crippen molar-refractivity contribution in [1.29, 1.82) is 0 Å². The standard InChI is InChI=1S/C12H25NOS/c1-2-13-12-6-3-5-11(12)7-10-15-9-4-8-14/h11-14H,2-10H2,1H3. The van der Waals surface area contributed by atoms with E-state index in [4.69, 9.17) is 5.11 Å². The van der Waals surface area contributed by atoms with Gasteiger partial charge in [-0.25, -0.2) is 0 Å². The van der Waals surface area contributed by atoms with E-state index in [0.29, 0.717) is 6.61 Å². The smallest absolute Gasteiger partial charge is 0.0438 e. The molecule has 2 unspecified atom stereocenters. The monoisotopic (exact) mass is 231 g/mol. The molecule has 90 valence electrons. The van der Waals surface area contributed by atoms with Gasteiger partial charge in [-0.1, -0.05) is 13.3 Å². The van der Waals surface area contributed by atoms with Crippen LogP contribution in [0, 0.1) is 5.92 Å². The molecule has 2 N–H and O–H groups in total. The van der Waals surface area contributed by atoms with Crippen molar-refractivity contribution in [2.75, 3.05) is 24.7 Å². The normalized spacial score (nSPS) is 26.0. The maximum absolute atomic E-state index is 8.67. The average molecular weight is 231 g/mol. The molecule has 0 saturated heterocycles. The van der Waals surface area contributed by atoms with Crippen LogP contribution in [-0.2, 0) is 0 Å². The Labute approximate surface area is 98.2 Å². The molecule has 1 rings (SSSR count). The largest absolute Gasteiger partial charge is 0.396 e. The molecule has 0 amide bonds. The van der Waals surface area contributed by atoms with Gasteiger partial charge in [0.2, 0.25) is 0 Å². The zero-order chi connectivity index (χ0) is 10.9. The van der Waals surface area contributed by atoms with Gasteiger partial charge in [-0.2, -0.15) is 11.8 Å². The van der Waals surface area contributed by atoms with Crippen molar-refractivity contribution in [2.45, 2.75) is 45.1 Å². The Morgan fingerprint density at radius 3 is 2.93 bits per heavy atom. The Kier molecular flexibility index (Phi) is 7.49. The van der Waals surface area contributed by atoms with Crippen molar-refractivity contribution < 1.29 is 5.11 Å². The maximum Gasteiger partial charge on any atom is 0.0438 e. The molecule has 15 heavy (non-hydrogen) atoms. The fourth-order valence-electron chi connectivity index (χ4n) is 2.42. The van der Waals surface area contributed by atoms with Gasteiger partial charge in [-0.05, 0) is 49.7 Å². The number of hydrogen-bond donors (Lipinski definition) is 2. The van der Waals surface area contributed by atoms with E-state index in [1.54, 1.807) is 0 Å². The van der Waals surface area contributed by atoms with Crippen molar-refractivity contribution in [1.82, 2.24) is 5.32 Å². The van der Waals surface area contributed by atoms with Crippen molar-refractivity contribution in [3.05, 3.63) is 0 Å². The molecule has 0 radical (unpaired) electrons. The molecule has 0 aromatic carbocycles. The van der Waals surface area contributed by atoms with Gasteiger partial charge in [0.15, 0.2) is 0 Å². The molecule has 2 atom stereocenters. The van der Waals surface area contributed by atoms with E-state index in [1.165, 1.54) is 31.4 Å². The average Bonchev–Trinajstić information content (AvgIpc) is 2.66. The Hall–Kier alpha value is 0.270. The van der Waals surface area contributed by atoms with E-state index in [0.717, 1.165) is 30.7 Å². The summed E-state index contributed by atoms with van der Waals surface area (Å²) in [6.07, 6.45) is 6.50. The summed E-state index contributed by atoms with van der Waals surface area (Å²) in [6, 6.07) is 0.786. The molecule has 3 heteroatoms. The van der Waals surface area contributed by atoms with Gasteiger partial charge in [0, 0.05) is 12.6 Å². The van der Waals surface area contributed by atoms with Crippen molar-refractivity contribution in [3.63, 3.8) is 0 Å². The Morgan fingerprint density at radius 1 is 1.33 bits per heavy atom. The summed E-state index contributed by atoms with van der Waals surface area (Å²) in [5.41, 5.74) is 0. The van der Waals surface area contributed by atoms with Gasteiger partial charge in [0.05, 0.1) is 0 Å². The van der Waals surface area contributed by atoms with Gasteiger partial charge in [-0.15, -0.1) is 0 Å². The molecule has 0 bridgehead atoms. The number of thioether (sulfide) groups is 1. The van der Waals surface area contributed by atoms with E-state index in [2.05, 4.69) is 12.2 Å². The third kappa shape index (κ3) is 5.23. The molecule has 1 saturated carbocycles. The zero-order valence-corrected chi connectivity index (χ0v) is 10.7. The first-order valence-electron chi connectivity index (χ1n) is 6.30. The minimum absolute atomic E-state index is 0.344.